The third-order valence-electron chi connectivity index (χ3n) is 3.78. The van der Waals surface area contributed by atoms with Gasteiger partial charge in [0.05, 0.1) is 13.2 Å². The number of nitrogens with two attached hydrogens (primary N) is 1. The second kappa shape index (κ2) is 5.52. The molecule has 1 fully saturated rings. The van der Waals surface area contributed by atoms with Crippen LogP contribution in [0.15, 0.2) is 22.7 Å². The zero-order valence-electron chi connectivity index (χ0n) is 12.7. The lowest BCUT2D eigenvalue weighted by atomic mass is 10.3. The molecule has 0 radical (unpaired) electrons. The first kappa shape index (κ1) is 14.0. The van der Waals surface area contributed by atoms with E-state index in [-0.39, 0.29) is 0 Å². The van der Waals surface area contributed by atoms with Crippen LogP contribution in [0.4, 0.5) is 11.6 Å². The van der Waals surface area contributed by atoms with Crippen LogP contribution in [0.25, 0.3) is 17.0 Å². The lowest BCUT2D eigenvalue weighted by molar-refractivity contribution is 0.122. The number of morpholine rings is 1. The van der Waals surface area contributed by atoms with Gasteiger partial charge in [0.25, 0.3) is 0 Å². The van der Waals surface area contributed by atoms with E-state index in [1.54, 1.807) is 4.52 Å². The fourth-order valence-corrected chi connectivity index (χ4v) is 2.66. The summed E-state index contributed by atoms with van der Waals surface area (Å²) in [6, 6.07) is 5.59. The molecule has 4 heterocycles. The average Bonchev–Trinajstić information content (AvgIpc) is 3.20. The molecule has 0 aromatic carbocycles. The first-order chi connectivity index (χ1) is 11.2. The van der Waals surface area contributed by atoms with Crippen LogP contribution in [0.5, 0.6) is 0 Å². The van der Waals surface area contributed by atoms with Gasteiger partial charge in [-0.25, -0.2) is 10.8 Å². The van der Waals surface area contributed by atoms with Crippen LogP contribution in [-0.2, 0) is 4.74 Å². The fourth-order valence-electron chi connectivity index (χ4n) is 2.66. The number of fused-ring (bicyclic) bond motifs is 1. The number of aryl methyl sites for hydroxylation is 1. The summed E-state index contributed by atoms with van der Waals surface area (Å²) in [5.74, 6) is 7.79. The highest BCUT2D eigenvalue weighted by atomic mass is 16.5. The lowest BCUT2D eigenvalue weighted by Crippen LogP contribution is -2.37. The first-order valence-corrected chi connectivity index (χ1v) is 7.38. The van der Waals surface area contributed by atoms with Crippen LogP contribution in [-0.4, -0.2) is 46.1 Å². The predicted octanol–water partition coefficient (Wildman–Crippen LogP) is 0.815. The van der Waals surface area contributed by atoms with Crippen molar-refractivity contribution < 1.29 is 9.26 Å². The van der Waals surface area contributed by atoms with Crippen molar-refractivity contribution in [2.75, 3.05) is 36.6 Å². The van der Waals surface area contributed by atoms with E-state index in [1.807, 2.05) is 25.1 Å². The predicted molar refractivity (Wildman–Crippen MR) is 84.1 cm³/mol. The van der Waals surface area contributed by atoms with Crippen LogP contribution >= 0.6 is 0 Å². The highest BCUT2D eigenvalue weighted by Crippen LogP contribution is 2.25. The first-order valence-electron chi connectivity index (χ1n) is 7.38. The van der Waals surface area contributed by atoms with Crippen LogP contribution in [0.3, 0.4) is 0 Å². The van der Waals surface area contributed by atoms with Crippen LogP contribution in [0, 0.1) is 6.92 Å². The molecule has 0 aliphatic carbocycles. The Morgan fingerprint density at radius 2 is 2.00 bits per heavy atom. The van der Waals surface area contributed by atoms with E-state index in [0.29, 0.717) is 36.1 Å². The summed E-state index contributed by atoms with van der Waals surface area (Å²) in [6.07, 6.45) is 0. The maximum atomic E-state index is 5.55. The molecule has 9 heteroatoms. The molecule has 1 aliphatic heterocycles. The SMILES string of the molecule is Cc1cc(-c2cc3nc(NN)cc(N4CCOCC4)n3n2)no1. The molecular weight excluding hydrogens is 298 g/mol. The van der Waals surface area contributed by atoms with E-state index in [1.165, 1.54) is 0 Å². The number of hydrazine groups is 1. The summed E-state index contributed by atoms with van der Waals surface area (Å²) in [5.41, 5.74) is 4.69. The van der Waals surface area contributed by atoms with Gasteiger partial charge in [-0.1, -0.05) is 5.16 Å². The van der Waals surface area contributed by atoms with Crippen molar-refractivity contribution in [3.05, 3.63) is 24.0 Å². The Morgan fingerprint density at radius 3 is 2.70 bits per heavy atom. The minimum absolute atomic E-state index is 0.585. The Morgan fingerprint density at radius 1 is 1.17 bits per heavy atom. The quantitative estimate of drug-likeness (QED) is 0.540. The van der Waals surface area contributed by atoms with Gasteiger partial charge < -0.3 is 19.6 Å². The standard InChI is InChI=1S/C14H17N7O2/c1-9-6-11(19-23-9)10-7-13-16-12(17-15)8-14(21(13)18-10)20-2-4-22-5-3-20/h6-8H,2-5,15H2,1H3,(H,16,17). The van der Waals surface area contributed by atoms with Crippen molar-refractivity contribution in [1.82, 2.24) is 19.8 Å². The van der Waals surface area contributed by atoms with Gasteiger partial charge in [-0.3, -0.25) is 0 Å². The summed E-state index contributed by atoms with van der Waals surface area (Å²) in [4.78, 5) is 6.65. The van der Waals surface area contributed by atoms with Gasteiger partial charge in [0.1, 0.15) is 28.8 Å². The van der Waals surface area contributed by atoms with Gasteiger partial charge in [0.2, 0.25) is 0 Å². The van der Waals surface area contributed by atoms with Gasteiger partial charge in [-0.05, 0) is 6.92 Å². The Kier molecular flexibility index (Phi) is 3.36. The van der Waals surface area contributed by atoms with E-state index in [2.05, 4.69) is 25.6 Å². The summed E-state index contributed by atoms with van der Waals surface area (Å²) in [6.45, 7) is 4.81. The van der Waals surface area contributed by atoms with Gasteiger partial charge in [-0.15, -0.1) is 0 Å². The van der Waals surface area contributed by atoms with E-state index in [0.717, 1.165) is 24.7 Å². The number of hydrogen-bond donors (Lipinski definition) is 2. The molecule has 3 aromatic rings. The van der Waals surface area contributed by atoms with Crippen LogP contribution in [0.2, 0.25) is 0 Å². The monoisotopic (exact) mass is 315 g/mol. The van der Waals surface area contributed by atoms with Crippen molar-refractivity contribution in [1.29, 1.82) is 0 Å². The molecule has 0 amide bonds. The number of anilines is 2. The Bertz CT molecular complexity index is 835. The second-order valence-corrected chi connectivity index (χ2v) is 5.37. The molecular formula is C14H17N7O2. The van der Waals surface area contributed by atoms with Gasteiger partial charge in [-0.2, -0.15) is 9.61 Å². The zero-order valence-corrected chi connectivity index (χ0v) is 12.7. The molecule has 120 valence electrons. The number of rotatable bonds is 3. The molecule has 0 spiro atoms. The Labute approximate surface area is 132 Å². The van der Waals surface area contributed by atoms with Crippen molar-refractivity contribution in [2.24, 2.45) is 5.84 Å². The number of ether oxygens (including phenoxy) is 1. The maximum Gasteiger partial charge on any atom is 0.160 e. The highest BCUT2D eigenvalue weighted by molar-refractivity contribution is 5.65. The smallest absolute Gasteiger partial charge is 0.160 e. The minimum Gasteiger partial charge on any atom is -0.378 e. The van der Waals surface area contributed by atoms with Gasteiger partial charge >= 0.3 is 0 Å². The molecule has 3 aromatic heterocycles. The van der Waals surface area contributed by atoms with E-state index in [9.17, 15) is 0 Å². The van der Waals surface area contributed by atoms with E-state index in [4.69, 9.17) is 15.1 Å². The molecule has 4 rings (SSSR count). The average molecular weight is 315 g/mol. The molecule has 1 saturated heterocycles. The lowest BCUT2D eigenvalue weighted by Gasteiger charge is -2.29. The number of nitrogens with one attached hydrogen (secondary N) is 1. The highest BCUT2D eigenvalue weighted by Gasteiger charge is 2.18. The number of nitrogen functional groups attached to an aromatic ring is 1. The normalized spacial score (nSPS) is 15.3. The zero-order chi connectivity index (χ0) is 15.8. The topological polar surface area (TPSA) is 107 Å². The number of aromatic nitrogens is 4. The van der Waals surface area contributed by atoms with Crippen molar-refractivity contribution in [3.8, 4) is 11.4 Å². The molecule has 0 atom stereocenters. The molecule has 0 saturated carbocycles. The van der Waals surface area contributed by atoms with Crippen LogP contribution < -0.4 is 16.2 Å². The Balaban J connectivity index is 1.84. The third-order valence-corrected chi connectivity index (χ3v) is 3.78. The van der Waals surface area contributed by atoms with Gasteiger partial charge in [0, 0.05) is 31.3 Å². The summed E-state index contributed by atoms with van der Waals surface area (Å²) < 4.78 is 12.3. The van der Waals surface area contributed by atoms with Crippen molar-refractivity contribution in [3.63, 3.8) is 0 Å². The Hall–Kier alpha value is -2.65. The summed E-state index contributed by atoms with van der Waals surface area (Å²) >= 11 is 0. The third kappa shape index (κ3) is 2.49. The minimum atomic E-state index is 0.585. The molecule has 1 aliphatic rings. The van der Waals surface area contributed by atoms with E-state index >= 15 is 0 Å². The van der Waals surface area contributed by atoms with Crippen LogP contribution in [0.1, 0.15) is 5.76 Å². The van der Waals surface area contributed by atoms with Gasteiger partial charge in [0.15, 0.2) is 5.65 Å². The molecule has 9 nitrogen and oxygen atoms in total. The second-order valence-electron chi connectivity index (χ2n) is 5.37. The maximum absolute atomic E-state index is 5.55. The molecule has 23 heavy (non-hydrogen) atoms. The fraction of sp³-hybridized carbons (Fsp3) is 0.357. The largest absolute Gasteiger partial charge is 0.378 e. The number of nitrogens with zero attached hydrogens (tertiary/aromatic N) is 5. The summed E-state index contributed by atoms with van der Waals surface area (Å²) in [5, 5.41) is 8.64. The van der Waals surface area contributed by atoms with Crippen molar-refractivity contribution >= 4 is 17.3 Å². The summed E-state index contributed by atoms with van der Waals surface area (Å²) in [7, 11) is 0. The number of hydrogen-bond acceptors (Lipinski definition) is 8. The van der Waals surface area contributed by atoms with E-state index < -0.39 is 0 Å². The molecule has 0 unspecified atom stereocenters. The molecule has 3 N–H and O–H groups in total. The molecule has 0 bridgehead atoms. The van der Waals surface area contributed by atoms with Crippen molar-refractivity contribution in [2.45, 2.75) is 6.92 Å².